The lowest BCUT2D eigenvalue weighted by Crippen LogP contribution is -2.35. The van der Waals surface area contributed by atoms with E-state index in [9.17, 15) is 8.42 Å². The van der Waals surface area contributed by atoms with E-state index in [0.29, 0.717) is 4.90 Å². The molecule has 1 aliphatic heterocycles. The van der Waals surface area contributed by atoms with Gasteiger partial charge in [0.1, 0.15) is 5.82 Å². The van der Waals surface area contributed by atoms with Gasteiger partial charge in [-0.3, -0.25) is 4.90 Å². The molecule has 1 aromatic heterocycles. The Balaban J connectivity index is 1.93. The molecule has 2 aromatic rings. The van der Waals surface area contributed by atoms with E-state index in [2.05, 4.69) is 23.3 Å². The van der Waals surface area contributed by atoms with Crippen molar-refractivity contribution in [2.45, 2.75) is 51.1 Å². The van der Waals surface area contributed by atoms with Crippen molar-refractivity contribution < 1.29 is 8.42 Å². The fraction of sp³-hybridized carbons (Fsp3) is 0.632. The van der Waals surface area contributed by atoms with E-state index in [-0.39, 0.29) is 0 Å². The Bertz CT molecular complexity index is 873. The largest absolute Gasteiger partial charge is 0.327 e. The van der Waals surface area contributed by atoms with Crippen LogP contribution in [0, 0.1) is 5.92 Å². The highest BCUT2D eigenvalue weighted by Crippen LogP contribution is 2.25. The normalized spacial score (nSPS) is 19.5. The summed E-state index contributed by atoms with van der Waals surface area (Å²) in [7, 11) is -0.339. The van der Waals surface area contributed by atoms with Crippen LogP contribution in [0.2, 0.25) is 0 Å². The molecule has 1 aromatic carbocycles. The first-order valence-corrected chi connectivity index (χ1v) is 10.9. The highest BCUT2D eigenvalue weighted by atomic mass is 32.2. The van der Waals surface area contributed by atoms with Gasteiger partial charge in [-0.1, -0.05) is 13.3 Å². The summed E-state index contributed by atoms with van der Waals surface area (Å²) in [5.74, 6) is 1.80. The quantitative estimate of drug-likeness (QED) is 0.775. The molecule has 1 atom stereocenters. The molecule has 26 heavy (non-hydrogen) atoms. The number of benzene rings is 1. The van der Waals surface area contributed by atoms with Crippen LogP contribution in [0.1, 0.15) is 38.9 Å². The van der Waals surface area contributed by atoms with Gasteiger partial charge in [0.2, 0.25) is 10.0 Å². The van der Waals surface area contributed by atoms with Crippen molar-refractivity contribution in [2.24, 2.45) is 5.92 Å². The monoisotopic (exact) mass is 378 g/mol. The predicted octanol–water partition coefficient (Wildman–Crippen LogP) is 2.93. The number of nitrogens with zero attached hydrogens (tertiary/aromatic N) is 4. The number of aromatic nitrogens is 2. The highest BCUT2D eigenvalue weighted by Gasteiger charge is 2.22. The van der Waals surface area contributed by atoms with Gasteiger partial charge in [0.05, 0.1) is 22.5 Å². The third-order valence-electron chi connectivity index (χ3n) is 5.44. The minimum atomic E-state index is -3.44. The van der Waals surface area contributed by atoms with Gasteiger partial charge in [0, 0.05) is 27.2 Å². The van der Waals surface area contributed by atoms with Gasteiger partial charge in [-0.15, -0.1) is 0 Å². The first-order chi connectivity index (χ1) is 12.4. The molecule has 3 rings (SSSR count). The Morgan fingerprint density at radius 3 is 2.69 bits per heavy atom. The summed E-state index contributed by atoms with van der Waals surface area (Å²) in [6.07, 6.45) is 3.80. The standard InChI is InChI=1S/C19H30N4O2S/c1-5-15-8-7-11-22(13-15)14-19-20-17-12-16(26(24,25)21(3)4)9-10-18(17)23(19)6-2/h9-10,12,15H,5-8,11,13-14H2,1-4H3. The maximum atomic E-state index is 12.4. The van der Waals surface area contributed by atoms with Crippen molar-refractivity contribution in [2.75, 3.05) is 27.2 Å². The highest BCUT2D eigenvalue weighted by molar-refractivity contribution is 7.89. The van der Waals surface area contributed by atoms with Gasteiger partial charge in [-0.05, 0) is 50.4 Å². The van der Waals surface area contributed by atoms with Crippen molar-refractivity contribution in [1.29, 1.82) is 0 Å². The average molecular weight is 379 g/mol. The molecular weight excluding hydrogens is 348 g/mol. The van der Waals surface area contributed by atoms with E-state index < -0.39 is 10.0 Å². The Kier molecular flexibility index (Phi) is 5.69. The molecule has 2 heterocycles. The Labute approximate surface area is 156 Å². The molecular formula is C19H30N4O2S. The lowest BCUT2D eigenvalue weighted by Gasteiger charge is -2.32. The van der Waals surface area contributed by atoms with E-state index in [1.165, 1.54) is 23.6 Å². The number of fused-ring (bicyclic) bond motifs is 1. The van der Waals surface area contributed by atoms with Gasteiger partial charge in [0.15, 0.2) is 0 Å². The van der Waals surface area contributed by atoms with Crippen LogP contribution in [0.25, 0.3) is 11.0 Å². The molecule has 0 saturated carbocycles. The van der Waals surface area contributed by atoms with Crippen LogP contribution in [0.15, 0.2) is 23.1 Å². The number of likely N-dealkylation sites (tertiary alicyclic amines) is 1. The second-order valence-electron chi connectivity index (χ2n) is 7.36. The van der Waals surface area contributed by atoms with Crippen LogP contribution in [0.5, 0.6) is 0 Å². The van der Waals surface area contributed by atoms with E-state index in [4.69, 9.17) is 4.98 Å². The number of sulfonamides is 1. The first kappa shape index (κ1) is 19.3. The second kappa shape index (κ2) is 7.66. The number of rotatable bonds is 6. The topological polar surface area (TPSA) is 58.4 Å². The number of imidazole rings is 1. The average Bonchev–Trinajstić information content (AvgIpc) is 2.97. The molecule has 1 fully saturated rings. The van der Waals surface area contributed by atoms with E-state index in [1.54, 1.807) is 26.2 Å². The zero-order chi connectivity index (χ0) is 18.9. The van der Waals surface area contributed by atoms with Crippen molar-refractivity contribution in [1.82, 2.24) is 18.8 Å². The molecule has 0 aliphatic carbocycles. The molecule has 1 saturated heterocycles. The van der Waals surface area contributed by atoms with Gasteiger partial charge >= 0.3 is 0 Å². The number of hydrogen-bond donors (Lipinski definition) is 0. The number of piperidine rings is 1. The number of hydrogen-bond acceptors (Lipinski definition) is 4. The van der Waals surface area contributed by atoms with Crippen molar-refractivity contribution in [3.05, 3.63) is 24.0 Å². The molecule has 1 unspecified atom stereocenters. The maximum Gasteiger partial charge on any atom is 0.242 e. The minimum absolute atomic E-state index is 0.298. The lowest BCUT2D eigenvalue weighted by molar-refractivity contribution is 0.160. The van der Waals surface area contributed by atoms with Crippen LogP contribution < -0.4 is 0 Å². The smallest absolute Gasteiger partial charge is 0.242 e. The maximum absolute atomic E-state index is 12.4. The van der Waals surface area contributed by atoms with Crippen molar-refractivity contribution in [3.8, 4) is 0 Å². The van der Waals surface area contributed by atoms with Crippen molar-refractivity contribution >= 4 is 21.1 Å². The van der Waals surface area contributed by atoms with Crippen LogP contribution in [0.4, 0.5) is 0 Å². The van der Waals surface area contributed by atoms with Crippen LogP contribution in [0.3, 0.4) is 0 Å². The molecule has 1 aliphatic rings. The summed E-state index contributed by atoms with van der Waals surface area (Å²) in [6, 6.07) is 5.27. The summed E-state index contributed by atoms with van der Waals surface area (Å²) < 4.78 is 28.3. The van der Waals surface area contributed by atoms with E-state index in [0.717, 1.165) is 49.0 Å². The van der Waals surface area contributed by atoms with Crippen LogP contribution >= 0.6 is 0 Å². The molecule has 0 amide bonds. The lowest BCUT2D eigenvalue weighted by atomic mass is 9.96. The second-order valence-corrected chi connectivity index (χ2v) is 9.51. The van der Waals surface area contributed by atoms with Crippen LogP contribution in [-0.2, 0) is 23.1 Å². The summed E-state index contributed by atoms with van der Waals surface area (Å²) in [6.45, 7) is 8.28. The molecule has 0 spiro atoms. The molecule has 0 N–H and O–H groups in total. The fourth-order valence-corrected chi connectivity index (χ4v) is 4.75. The molecule has 144 valence electrons. The summed E-state index contributed by atoms with van der Waals surface area (Å²) in [4.78, 5) is 7.59. The SMILES string of the molecule is CCC1CCCN(Cc2nc3cc(S(=O)(=O)N(C)C)ccc3n2CC)C1. The Morgan fingerprint density at radius 2 is 2.04 bits per heavy atom. The third-order valence-corrected chi connectivity index (χ3v) is 7.25. The van der Waals surface area contributed by atoms with Gasteiger partial charge < -0.3 is 4.57 Å². The zero-order valence-electron chi connectivity index (χ0n) is 16.3. The van der Waals surface area contributed by atoms with Crippen LogP contribution in [-0.4, -0.2) is 54.4 Å². The summed E-state index contributed by atoms with van der Waals surface area (Å²) in [5, 5.41) is 0. The molecule has 7 heteroatoms. The van der Waals surface area contributed by atoms with E-state index in [1.807, 2.05) is 6.07 Å². The summed E-state index contributed by atoms with van der Waals surface area (Å²) in [5.41, 5.74) is 1.76. The first-order valence-electron chi connectivity index (χ1n) is 9.50. The molecule has 6 nitrogen and oxygen atoms in total. The molecule has 0 radical (unpaired) electrons. The van der Waals surface area contributed by atoms with Crippen molar-refractivity contribution in [3.63, 3.8) is 0 Å². The third kappa shape index (κ3) is 3.66. The summed E-state index contributed by atoms with van der Waals surface area (Å²) >= 11 is 0. The van der Waals surface area contributed by atoms with Gasteiger partial charge in [0.25, 0.3) is 0 Å². The predicted molar refractivity (Wildman–Crippen MR) is 105 cm³/mol. The fourth-order valence-electron chi connectivity index (χ4n) is 3.83. The number of aryl methyl sites for hydroxylation is 1. The molecule has 0 bridgehead atoms. The van der Waals surface area contributed by atoms with Gasteiger partial charge in [-0.25, -0.2) is 17.7 Å². The minimum Gasteiger partial charge on any atom is -0.327 e. The van der Waals surface area contributed by atoms with E-state index >= 15 is 0 Å². The van der Waals surface area contributed by atoms with Gasteiger partial charge in [-0.2, -0.15) is 0 Å². The zero-order valence-corrected chi connectivity index (χ0v) is 17.1. The Morgan fingerprint density at radius 1 is 1.27 bits per heavy atom. The Hall–Kier alpha value is -1.44.